The summed E-state index contributed by atoms with van der Waals surface area (Å²) in [4.78, 5) is 21.7. The van der Waals surface area contributed by atoms with E-state index in [0.717, 1.165) is 0 Å². The molecule has 0 aromatic heterocycles. The standard InChI is InChI=1S/C14H9F2NO5/c15-14(16)22-12-5-1-9(2-6-12)13(18)21-11-7-3-10(4-8-11)17(19)20/h1-8,14H. The molecule has 0 bridgehead atoms. The summed E-state index contributed by atoms with van der Waals surface area (Å²) in [5.74, 6) is -0.678. The van der Waals surface area contributed by atoms with Gasteiger partial charge in [0.25, 0.3) is 5.69 Å². The second kappa shape index (κ2) is 6.61. The Labute approximate surface area is 123 Å². The molecular formula is C14H9F2NO5. The summed E-state index contributed by atoms with van der Waals surface area (Å²) in [5, 5.41) is 10.5. The highest BCUT2D eigenvalue weighted by Gasteiger charge is 2.11. The second-order valence-corrected chi connectivity index (χ2v) is 4.04. The van der Waals surface area contributed by atoms with Gasteiger partial charge in [-0.05, 0) is 36.4 Å². The molecule has 0 N–H and O–H groups in total. The maximum atomic E-state index is 12.0. The van der Waals surface area contributed by atoms with Crippen molar-refractivity contribution in [3.05, 3.63) is 64.2 Å². The molecule has 0 atom stereocenters. The number of esters is 1. The highest BCUT2D eigenvalue weighted by atomic mass is 19.3. The van der Waals surface area contributed by atoms with Crippen LogP contribution in [0, 0.1) is 10.1 Å². The van der Waals surface area contributed by atoms with E-state index in [-0.39, 0.29) is 22.7 Å². The Morgan fingerprint density at radius 3 is 2.05 bits per heavy atom. The molecule has 0 aliphatic heterocycles. The molecule has 0 fully saturated rings. The fraction of sp³-hybridized carbons (Fsp3) is 0.0714. The number of carbonyl (C=O) groups is 1. The molecule has 0 amide bonds. The lowest BCUT2D eigenvalue weighted by molar-refractivity contribution is -0.384. The van der Waals surface area contributed by atoms with E-state index in [1.165, 1.54) is 48.5 Å². The van der Waals surface area contributed by atoms with Gasteiger partial charge in [-0.15, -0.1) is 0 Å². The van der Waals surface area contributed by atoms with Crippen molar-refractivity contribution in [2.45, 2.75) is 6.61 Å². The molecule has 0 aliphatic rings. The van der Waals surface area contributed by atoms with Gasteiger partial charge in [-0.25, -0.2) is 4.79 Å². The van der Waals surface area contributed by atoms with Crippen LogP contribution in [0.1, 0.15) is 10.4 Å². The highest BCUT2D eigenvalue weighted by Crippen LogP contribution is 2.20. The monoisotopic (exact) mass is 309 g/mol. The lowest BCUT2D eigenvalue weighted by Gasteiger charge is -2.06. The predicted molar refractivity (Wildman–Crippen MR) is 71.1 cm³/mol. The van der Waals surface area contributed by atoms with Crippen molar-refractivity contribution in [2.24, 2.45) is 0 Å². The van der Waals surface area contributed by atoms with Crippen molar-refractivity contribution in [3.63, 3.8) is 0 Å². The Kier molecular flexibility index (Phi) is 4.62. The summed E-state index contributed by atoms with van der Waals surface area (Å²) in [5.41, 5.74) is -0.00623. The number of benzene rings is 2. The molecule has 8 heteroatoms. The molecule has 0 unspecified atom stereocenters. The summed E-state index contributed by atoms with van der Waals surface area (Å²) in [6.45, 7) is -2.95. The van der Waals surface area contributed by atoms with E-state index in [1.54, 1.807) is 0 Å². The number of rotatable bonds is 5. The molecule has 0 saturated heterocycles. The smallest absolute Gasteiger partial charge is 0.387 e. The number of carbonyl (C=O) groups excluding carboxylic acids is 1. The van der Waals surface area contributed by atoms with Crippen LogP contribution in [-0.2, 0) is 0 Å². The third-order valence-corrected chi connectivity index (χ3v) is 2.57. The molecule has 0 saturated carbocycles. The first kappa shape index (κ1) is 15.4. The Hall–Kier alpha value is -3.03. The third-order valence-electron chi connectivity index (χ3n) is 2.57. The van der Waals surface area contributed by atoms with Gasteiger partial charge in [-0.3, -0.25) is 10.1 Å². The first-order chi connectivity index (χ1) is 10.5. The molecule has 0 spiro atoms. The number of hydrogen-bond donors (Lipinski definition) is 0. The molecule has 2 rings (SSSR count). The first-order valence-electron chi connectivity index (χ1n) is 5.97. The van der Waals surface area contributed by atoms with Crippen molar-refractivity contribution >= 4 is 11.7 Å². The molecule has 0 aliphatic carbocycles. The predicted octanol–water partition coefficient (Wildman–Crippen LogP) is 3.42. The average molecular weight is 309 g/mol. The van der Waals surface area contributed by atoms with Crippen molar-refractivity contribution in [3.8, 4) is 11.5 Å². The minimum absolute atomic E-state index is 0.0816. The molecule has 2 aromatic rings. The lowest BCUT2D eigenvalue weighted by Crippen LogP contribution is -2.08. The van der Waals surface area contributed by atoms with E-state index < -0.39 is 17.5 Å². The minimum atomic E-state index is -2.95. The van der Waals surface area contributed by atoms with Crippen LogP contribution in [0.2, 0.25) is 0 Å². The van der Waals surface area contributed by atoms with E-state index in [1.807, 2.05) is 0 Å². The second-order valence-electron chi connectivity index (χ2n) is 4.04. The van der Waals surface area contributed by atoms with Gasteiger partial charge >= 0.3 is 12.6 Å². The minimum Gasteiger partial charge on any atom is -0.435 e. The molecule has 6 nitrogen and oxygen atoms in total. The van der Waals surface area contributed by atoms with Crippen LogP contribution in [0.15, 0.2) is 48.5 Å². The molecule has 0 heterocycles. The summed E-state index contributed by atoms with van der Waals surface area (Å²) in [6.07, 6.45) is 0. The van der Waals surface area contributed by atoms with Gasteiger partial charge in [0.1, 0.15) is 11.5 Å². The SMILES string of the molecule is O=C(Oc1ccc([N+](=O)[O-])cc1)c1ccc(OC(F)F)cc1. The zero-order valence-corrected chi connectivity index (χ0v) is 10.9. The zero-order valence-electron chi connectivity index (χ0n) is 10.9. The largest absolute Gasteiger partial charge is 0.435 e. The van der Waals surface area contributed by atoms with Crippen LogP contribution in [-0.4, -0.2) is 17.5 Å². The van der Waals surface area contributed by atoms with Gasteiger partial charge in [0.05, 0.1) is 10.5 Å². The molecule has 0 radical (unpaired) electrons. The quantitative estimate of drug-likeness (QED) is 0.366. The van der Waals surface area contributed by atoms with E-state index in [4.69, 9.17) is 4.74 Å². The van der Waals surface area contributed by atoms with Gasteiger partial charge in [0, 0.05) is 12.1 Å². The summed E-state index contributed by atoms with van der Waals surface area (Å²) < 4.78 is 33.1. The van der Waals surface area contributed by atoms with Crippen molar-refractivity contribution < 1.29 is 28.0 Å². The molecule has 2 aromatic carbocycles. The normalized spacial score (nSPS) is 10.3. The van der Waals surface area contributed by atoms with E-state index in [2.05, 4.69) is 4.74 Å². The average Bonchev–Trinajstić information content (AvgIpc) is 2.48. The van der Waals surface area contributed by atoms with Gasteiger partial charge in [-0.1, -0.05) is 0 Å². The summed E-state index contributed by atoms with van der Waals surface area (Å²) in [6, 6.07) is 9.91. The number of nitro benzene ring substituents is 1. The number of nitrogens with zero attached hydrogens (tertiary/aromatic N) is 1. The summed E-state index contributed by atoms with van der Waals surface area (Å²) >= 11 is 0. The number of hydrogen-bond acceptors (Lipinski definition) is 5. The summed E-state index contributed by atoms with van der Waals surface area (Å²) in [7, 11) is 0. The van der Waals surface area contributed by atoms with E-state index in [0.29, 0.717) is 0 Å². The molecule has 22 heavy (non-hydrogen) atoms. The van der Waals surface area contributed by atoms with Gasteiger partial charge < -0.3 is 9.47 Å². The van der Waals surface area contributed by atoms with E-state index in [9.17, 15) is 23.7 Å². The topological polar surface area (TPSA) is 78.7 Å². The van der Waals surface area contributed by atoms with Crippen LogP contribution in [0.4, 0.5) is 14.5 Å². The van der Waals surface area contributed by atoms with Crippen molar-refractivity contribution in [1.29, 1.82) is 0 Å². The van der Waals surface area contributed by atoms with E-state index >= 15 is 0 Å². The number of ether oxygens (including phenoxy) is 2. The van der Waals surface area contributed by atoms with Gasteiger partial charge in [0.15, 0.2) is 0 Å². The van der Waals surface area contributed by atoms with Crippen molar-refractivity contribution in [2.75, 3.05) is 0 Å². The zero-order chi connectivity index (χ0) is 16.1. The fourth-order valence-corrected chi connectivity index (χ4v) is 1.57. The van der Waals surface area contributed by atoms with Crippen LogP contribution in [0.5, 0.6) is 11.5 Å². The number of non-ortho nitro benzene ring substituents is 1. The Morgan fingerprint density at radius 2 is 1.55 bits per heavy atom. The van der Waals surface area contributed by atoms with Crippen LogP contribution in [0.25, 0.3) is 0 Å². The van der Waals surface area contributed by atoms with Crippen LogP contribution in [0.3, 0.4) is 0 Å². The Balaban J connectivity index is 2.03. The fourth-order valence-electron chi connectivity index (χ4n) is 1.57. The molecular weight excluding hydrogens is 300 g/mol. The first-order valence-corrected chi connectivity index (χ1v) is 5.97. The number of halogens is 2. The lowest BCUT2D eigenvalue weighted by atomic mass is 10.2. The maximum Gasteiger partial charge on any atom is 0.387 e. The Morgan fingerprint density at radius 1 is 1.00 bits per heavy atom. The van der Waals surface area contributed by atoms with Crippen molar-refractivity contribution in [1.82, 2.24) is 0 Å². The third kappa shape index (κ3) is 3.98. The Bertz CT molecular complexity index is 671. The van der Waals surface area contributed by atoms with Gasteiger partial charge in [0.2, 0.25) is 0 Å². The highest BCUT2D eigenvalue weighted by molar-refractivity contribution is 5.91. The van der Waals surface area contributed by atoms with Gasteiger partial charge in [-0.2, -0.15) is 8.78 Å². The maximum absolute atomic E-state index is 12.0. The number of nitro groups is 1. The van der Waals surface area contributed by atoms with Crippen LogP contribution >= 0.6 is 0 Å². The van der Waals surface area contributed by atoms with Crippen LogP contribution < -0.4 is 9.47 Å². The molecule has 114 valence electrons. The number of alkyl halides is 2.